The highest BCUT2D eigenvalue weighted by molar-refractivity contribution is 7.89. The molecule has 0 saturated heterocycles. The molecule has 1 fully saturated rings. The monoisotopic (exact) mass is 381 g/mol. The van der Waals surface area contributed by atoms with E-state index in [1.807, 2.05) is 6.92 Å². The molecule has 26 heavy (non-hydrogen) atoms. The van der Waals surface area contributed by atoms with Gasteiger partial charge in [-0.1, -0.05) is 12.8 Å². The van der Waals surface area contributed by atoms with E-state index in [0.717, 1.165) is 25.7 Å². The van der Waals surface area contributed by atoms with Crippen molar-refractivity contribution in [1.82, 2.24) is 24.9 Å². The van der Waals surface area contributed by atoms with E-state index in [1.165, 1.54) is 17.1 Å². The van der Waals surface area contributed by atoms with Crippen LogP contribution in [0, 0.1) is 0 Å². The topological polar surface area (TPSA) is 108 Å². The second kappa shape index (κ2) is 8.00. The van der Waals surface area contributed by atoms with Crippen molar-refractivity contribution < 1.29 is 17.9 Å². The zero-order valence-electron chi connectivity index (χ0n) is 14.9. The maximum absolute atomic E-state index is 12.9. The van der Waals surface area contributed by atoms with Gasteiger partial charge >= 0.3 is 0 Å². The van der Waals surface area contributed by atoms with Crippen molar-refractivity contribution in [2.45, 2.75) is 50.5 Å². The van der Waals surface area contributed by atoms with Crippen LogP contribution in [-0.2, 0) is 10.0 Å². The maximum atomic E-state index is 12.9. The van der Waals surface area contributed by atoms with Crippen LogP contribution in [0.15, 0.2) is 23.4 Å². The molecule has 0 atom stereocenters. The fraction of sp³-hybridized carbons (Fsp3) is 0.562. The van der Waals surface area contributed by atoms with Crippen molar-refractivity contribution in [3.63, 3.8) is 0 Å². The molecule has 3 rings (SSSR count). The standard InChI is InChI=1S/C16H23N5O4S/c1-3-24-14-10-16(26(22,23)18-12-7-5-6-8-12)15(25-4-2)9-13(14)21-11-17-19-20-21/h9-12,18H,3-8H2,1-2H3. The van der Waals surface area contributed by atoms with Gasteiger partial charge in [0.05, 0.1) is 13.2 Å². The first-order valence-electron chi connectivity index (χ1n) is 8.74. The molecule has 1 aliphatic rings. The number of hydrogen-bond acceptors (Lipinski definition) is 7. The third kappa shape index (κ3) is 3.96. The Balaban J connectivity index is 2.06. The summed E-state index contributed by atoms with van der Waals surface area (Å²) in [5, 5.41) is 11.1. The van der Waals surface area contributed by atoms with Gasteiger partial charge in [-0.15, -0.1) is 5.10 Å². The molecule has 1 heterocycles. The molecule has 10 heteroatoms. The van der Waals surface area contributed by atoms with Crippen LogP contribution >= 0.6 is 0 Å². The smallest absolute Gasteiger partial charge is 0.244 e. The van der Waals surface area contributed by atoms with E-state index in [-0.39, 0.29) is 16.7 Å². The number of benzene rings is 1. The predicted molar refractivity (Wildman–Crippen MR) is 94.1 cm³/mol. The van der Waals surface area contributed by atoms with Gasteiger partial charge in [0.1, 0.15) is 28.4 Å². The van der Waals surface area contributed by atoms with Crippen molar-refractivity contribution in [1.29, 1.82) is 0 Å². The first-order valence-corrected chi connectivity index (χ1v) is 10.2. The van der Waals surface area contributed by atoms with E-state index in [4.69, 9.17) is 9.47 Å². The van der Waals surface area contributed by atoms with E-state index in [9.17, 15) is 8.42 Å². The molecule has 0 bridgehead atoms. The summed E-state index contributed by atoms with van der Waals surface area (Å²) in [5.41, 5.74) is 0.514. The first kappa shape index (κ1) is 18.6. The predicted octanol–water partition coefficient (Wildman–Crippen LogP) is 1.68. The SMILES string of the molecule is CCOc1cc(S(=O)(=O)NC2CCCC2)c(OCC)cc1-n1cnnn1. The van der Waals surface area contributed by atoms with Crippen LogP contribution in [0.5, 0.6) is 11.5 Å². The third-order valence-electron chi connectivity index (χ3n) is 4.19. The fourth-order valence-electron chi connectivity index (χ4n) is 3.06. The van der Waals surface area contributed by atoms with Gasteiger partial charge in [-0.25, -0.2) is 13.1 Å². The first-order chi connectivity index (χ1) is 12.5. The van der Waals surface area contributed by atoms with Gasteiger partial charge in [0, 0.05) is 18.2 Å². The Labute approximate surface area is 152 Å². The van der Waals surface area contributed by atoms with Crippen LogP contribution in [0.1, 0.15) is 39.5 Å². The Kier molecular flexibility index (Phi) is 5.72. The minimum atomic E-state index is -3.74. The summed E-state index contributed by atoms with van der Waals surface area (Å²) in [6.45, 7) is 4.33. The summed E-state index contributed by atoms with van der Waals surface area (Å²) in [6.07, 6.45) is 5.19. The van der Waals surface area contributed by atoms with Crippen LogP contribution in [0.25, 0.3) is 5.69 Å². The number of nitrogens with one attached hydrogen (secondary N) is 1. The molecule has 0 aliphatic heterocycles. The normalized spacial score (nSPS) is 15.3. The Morgan fingerprint density at radius 1 is 1.15 bits per heavy atom. The highest BCUT2D eigenvalue weighted by Gasteiger charge is 2.28. The van der Waals surface area contributed by atoms with E-state index >= 15 is 0 Å². The minimum absolute atomic E-state index is 0.0378. The summed E-state index contributed by atoms with van der Waals surface area (Å²) < 4.78 is 41.3. The van der Waals surface area contributed by atoms with Gasteiger partial charge in [-0.3, -0.25) is 0 Å². The molecule has 1 saturated carbocycles. The summed E-state index contributed by atoms with van der Waals surface area (Å²) in [6, 6.07) is 3.03. The number of rotatable bonds is 8. The largest absolute Gasteiger partial charge is 0.492 e. The molecule has 9 nitrogen and oxygen atoms in total. The van der Waals surface area contributed by atoms with Gasteiger partial charge < -0.3 is 9.47 Å². The molecule has 0 spiro atoms. The van der Waals surface area contributed by atoms with E-state index in [0.29, 0.717) is 24.7 Å². The average molecular weight is 381 g/mol. The quantitative estimate of drug-likeness (QED) is 0.741. The fourth-order valence-corrected chi connectivity index (χ4v) is 4.50. The summed E-state index contributed by atoms with van der Waals surface area (Å²) in [5.74, 6) is 0.613. The molecule has 0 radical (unpaired) electrons. The molecule has 142 valence electrons. The minimum Gasteiger partial charge on any atom is -0.492 e. The Morgan fingerprint density at radius 3 is 2.46 bits per heavy atom. The highest BCUT2D eigenvalue weighted by atomic mass is 32.2. The average Bonchev–Trinajstić information content (AvgIpc) is 3.29. The molecule has 0 amide bonds. The van der Waals surface area contributed by atoms with Gasteiger partial charge in [-0.05, 0) is 37.1 Å². The van der Waals surface area contributed by atoms with Crippen LogP contribution < -0.4 is 14.2 Å². The van der Waals surface area contributed by atoms with Crippen molar-refractivity contribution in [3.8, 4) is 17.2 Å². The number of sulfonamides is 1. The number of nitrogens with zero attached hydrogens (tertiary/aromatic N) is 4. The van der Waals surface area contributed by atoms with Crippen LogP contribution in [0.2, 0.25) is 0 Å². The zero-order valence-corrected chi connectivity index (χ0v) is 15.7. The molecular weight excluding hydrogens is 358 g/mol. The summed E-state index contributed by atoms with van der Waals surface area (Å²) in [4.78, 5) is 0.0616. The second-order valence-electron chi connectivity index (χ2n) is 5.99. The van der Waals surface area contributed by atoms with Crippen molar-refractivity contribution in [2.24, 2.45) is 0 Å². The number of aromatic nitrogens is 4. The lowest BCUT2D eigenvalue weighted by Gasteiger charge is -2.18. The lowest BCUT2D eigenvalue weighted by Crippen LogP contribution is -2.33. The van der Waals surface area contributed by atoms with Crippen LogP contribution in [0.3, 0.4) is 0 Å². The zero-order chi connectivity index (χ0) is 18.6. The Hall–Kier alpha value is -2.20. The van der Waals surface area contributed by atoms with E-state index in [2.05, 4.69) is 20.2 Å². The van der Waals surface area contributed by atoms with Crippen LogP contribution in [-0.4, -0.2) is 47.9 Å². The summed E-state index contributed by atoms with van der Waals surface area (Å²) >= 11 is 0. The Morgan fingerprint density at radius 2 is 1.85 bits per heavy atom. The lowest BCUT2D eigenvalue weighted by molar-refractivity contribution is 0.320. The van der Waals surface area contributed by atoms with Crippen molar-refractivity contribution in [2.75, 3.05) is 13.2 Å². The number of hydrogen-bond donors (Lipinski definition) is 1. The van der Waals surface area contributed by atoms with E-state index in [1.54, 1.807) is 13.0 Å². The molecule has 1 aliphatic carbocycles. The second-order valence-corrected chi connectivity index (χ2v) is 7.67. The van der Waals surface area contributed by atoms with Crippen molar-refractivity contribution in [3.05, 3.63) is 18.5 Å². The van der Waals surface area contributed by atoms with Crippen molar-refractivity contribution >= 4 is 10.0 Å². The van der Waals surface area contributed by atoms with Gasteiger partial charge in [0.25, 0.3) is 0 Å². The molecular formula is C16H23N5O4S. The molecule has 0 unspecified atom stereocenters. The highest BCUT2D eigenvalue weighted by Crippen LogP contribution is 2.35. The number of tetrazole rings is 1. The Bertz CT molecular complexity index is 833. The molecule has 1 N–H and O–H groups in total. The third-order valence-corrected chi connectivity index (χ3v) is 5.73. The van der Waals surface area contributed by atoms with Gasteiger partial charge in [-0.2, -0.15) is 4.68 Å². The molecule has 2 aromatic rings. The molecule has 1 aromatic heterocycles. The van der Waals surface area contributed by atoms with Gasteiger partial charge in [0.15, 0.2) is 0 Å². The maximum Gasteiger partial charge on any atom is 0.244 e. The lowest BCUT2D eigenvalue weighted by atomic mass is 10.2. The van der Waals surface area contributed by atoms with Crippen LogP contribution in [0.4, 0.5) is 0 Å². The number of ether oxygens (including phenoxy) is 2. The van der Waals surface area contributed by atoms with E-state index < -0.39 is 10.0 Å². The molecule has 1 aromatic carbocycles. The van der Waals surface area contributed by atoms with Gasteiger partial charge in [0.2, 0.25) is 10.0 Å². The summed E-state index contributed by atoms with van der Waals surface area (Å²) in [7, 11) is -3.74.